The Labute approximate surface area is 348 Å². The molecule has 0 aliphatic rings. The van der Waals surface area contributed by atoms with E-state index in [-0.39, 0.29) is 31.1 Å². The molecule has 0 aromatic rings. The molecule has 0 aliphatic heterocycles. The van der Waals surface area contributed by atoms with Gasteiger partial charge >= 0.3 is 17.9 Å². The molecule has 0 radical (unpaired) electrons. The van der Waals surface area contributed by atoms with Crippen LogP contribution in [0.3, 0.4) is 0 Å². The summed E-state index contributed by atoms with van der Waals surface area (Å²) >= 11 is 0. The number of esters is 3. The van der Waals surface area contributed by atoms with Crippen molar-refractivity contribution in [2.24, 2.45) is 11.8 Å². The zero-order valence-electron chi connectivity index (χ0n) is 38.3. The summed E-state index contributed by atoms with van der Waals surface area (Å²) in [6.07, 6.45) is 42.2. The number of ether oxygens (including phenoxy) is 3. The number of hydrogen-bond donors (Lipinski definition) is 0. The van der Waals surface area contributed by atoms with Gasteiger partial charge in [-0.1, -0.05) is 234 Å². The van der Waals surface area contributed by atoms with Crippen LogP contribution in [0.2, 0.25) is 0 Å². The average molecular weight is 793 g/mol. The molecule has 6 nitrogen and oxygen atoms in total. The molecule has 0 fully saturated rings. The number of unbranched alkanes of at least 4 members (excludes halogenated alkanes) is 28. The maximum atomic E-state index is 12.7. The first kappa shape index (κ1) is 54.4. The fourth-order valence-electron chi connectivity index (χ4n) is 7.43. The van der Waals surface area contributed by atoms with E-state index in [1.165, 1.54) is 161 Å². The van der Waals surface area contributed by atoms with E-state index in [1.54, 1.807) is 0 Å². The van der Waals surface area contributed by atoms with E-state index in [1.807, 2.05) is 0 Å². The maximum absolute atomic E-state index is 12.7. The van der Waals surface area contributed by atoms with Crippen molar-refractivity contribution in [2.45, 2.75) is 278 Å². The summed E-state index contributed by atoms with van der Waals surface area (Å²) in [5.74, 6) is 0.814. The Morgan fingerprint density at radius 3 is 1.02 bits per heavy atom. The lowest BCUT2D eigenvalue weighted by atomic mass is 9.99. The monoisotopic (exact) mass is 793 g/mol. The molecule has 56 heavy (non-hydrogen) atoms. The van der Waals surface area contributed by atoms with Crippen LogP contribution >= 0.6 is 0 Å². The molecule has 0 saturated heterocycles. The van der Waals surface area contributed by atoms with Crippen LogP contribution in [0.5, 0.6) is 0 Å². The normalized spacial score (nSPS) is 12.5. The molecule has 332 valence electrons. The third-order valence-corrected chi connectivity index (χ3v) is 11.6. The second-order valence-electron chi connectivity index (χ2n) is 17.8. The molecule has 2 atom stereocenters. The predicted octanol–water partition coefficient (Wildman–Crippen LogP) is 15.8. The molecule has 0 heterocycles. The summed E-state index contributed by atoms with van der Waals surface area (Å²) in [4.78, 5) is 37.8. The Balaban J connectivity index is 4.34. The third kappa shape index (κ3) is 42.0. The van der Waals surface area contributed by atoms with Gasteiger partial charge in [-0.3, -0.25) is 14.4 Å². The van der Waals surface area contributed by atoms with Gasteiger partial charge in [0.1, 0.15) is 13.2 Å². The number of carbonyl (C=O) groups excluding carboxylic acids is 3. The molecular formula is C50H96O6. The van der Waals surface area contributed by atoms with Crippen LogP contribution in [0.1, 0.15) is 272 Å². The van der Waals surface area contributed by atoms with E-state index >= 15 is 0 Å². The second-order valence-corrected chi connectivity index (χ2v) is 17.8. The minimum absolute atomic E-state index is 0.0645. The maximum Gasteiger partial charge on any atom is 0.306 e. The van der Waals surface area contributed by atoms with Crippen molar-refractivity contribution in [2.75, 3.05) is 13.2 Å². The highest BCUT2D eigenvalue weighted by atomic mass is 16.6. The SMILES string of the molecule is CCCCCCCCCCCCCCCC(=O)O[C@@H](COC(=O)CCCCCCCCCCCCC(C)C)COC(=O)CCCCCCCCCCC(C)CC. The van der Waals surface area contributed by atoms with E-state index < -0.39 is 6.10 Å². The van der Waals surface area contributed by atoms with Crippen LogP contribution < -0.4 is 0 Å². The van der Waals surface area contributed by atoms with Crippen LogP contribution in [0, 0.1) is 11.8 Å². The van der Waals surface area contributed by atoms with Crippen LogP contribution in [0.25, 0.3) is 0 Å². The molecular weight excluding hydrogens is 697 g/mol. The molecule has 0 aromatic carbocycles. The van der Waals surface area contributed by atoms with Crippen LogP contribution in [-0.2, 0) is 28.6 Å². The molecule has 0 amide bonds. The van der Waals surface area contributed by atoms with Crippen molar-refractivity contribution in [3.63, 3.8) is 0 Å². The lowest BCUT2D eigenvalue weighted by molar-refractivity contribution is -0.167. The highest BCUT2D eigenvalue weighted by Gasteiger charge is 2.19. The van der Waals surface area contributed by atoms with Gasteiger partial charge < -0.3 is 14.2 Å². The fourth-order valence-corrected chi connectivity index (χ4v) is 7.43. The highest BCUT2D eigenvalue weighted by Crippen LogP contribution is 2.17. The first-order chi connectivity index (χ1) is 27.3. The van der Waals surface area contributed by atoms with Crippen LogP contribution in [-0.4, -0.2) is 37.2 Å². The Kier molecular flexibility index (Phi) is 41.8. The Hall–Kier alpha value is -1.59. The summed E-state index contributed by atoms with van der Waals surface area (Å²) in [5, 5.41) is 0. The van der Waals surface area contributed by atoms with E-state index in [9.17, 15) is 14.4 Å². The summed E-state index contributed by atoms with van der Waals surface area (Å²) in [5.41, 5.74) is 0. The topological polar surface area (TPSA) is 78.9 Å². The van der Waals surface area contributed by atoms with Gasteiger partial charge in [0.25, 0.3) is 0 Å². The summed E-state index contributed by atoms with van der Waals surface area (Å²) in [6.45, 7) is 11.4. The van der Waals surface area contributed by atoms with Gasteiger partial charge in [-0.2, -0.15) is 0 Å². The third-order valence-electron chi connectivity index (χ3n) is 11.6. The number of carbonyl (C=O) groups is 3. The van der Waals surface area contributed by atoms with Gasteiger partial charge in [0.2, 0.25) is 0 Å². The molecule has 0 aliphatic carbocycles. The summed E-state index contributed by atoms with van der Waals surface area (Å²) in [7, 11) is 0. The van der Waals surface area contributed by atoms with E-state index in [0.717, 1.165) is 69.6 Å². The van der Waals surface area contributed by atoms with E-state index in [4.69, 9.17) is 14.2 Å². The number of hydrogen-bond acceptors (Lipinski definition) is 6. The predicted molar refractivity (Wildman–Crippen MR) is 238 cm³/mol. The first-order valence-corrected chi connectivity index (χ1v) is 24.8. The van der Waals surface area contributed by atoms with Crippen molar-refractivity contribution >= 4 is 17.9 Å². The Morgan fingerprint density at radius 2 is 0.679 bits per heavy atom. The zero-order chi connectivity index (χ0) is 41.2. The lowest BCUT2D eigenvalue weighted by Crippen LogP contribution is -2.30. The Morgan fingerprint density at radius 1 is 0.375 bits per heavy atom. The summed E-state index contributed by atoms with van der Waals surface area (Å²) < 4.78 is 16.8. The van der Waals surface area contributed by atoms with Gasteiger partial charge in [-0.05, 0) is 31.1 Å². The van der Waals surface area contributed by atoms with Crippen LogP contribution in [0.4, 0.5) is 0 Å². The highest BCUT2D eigenvalue weighted by molar-refractivity contribution is 5.71. The quantitative estimate of drug-likeness (QED) is 0.0347. The standard InChI is InChI=1S/C50H96O6/c1-6-8-9-10-11-12-13-14-15-20-27-32-37-42-50(53)56-47(44-55-49(52)41-36-31-26-22-21-24-29-34-39-46(5)7-2)43-54-48(51)40-35-30-25-19-17-16-18-23-28-33-38-45(3)4/h45-47H,6-44H2,1-5H3/t46?,47-/m0/s1. The average Bonchev–Trinajstić information content (AvgIpc) is 3.18. The van der Waals surface area contributed by atoms with E-state index in [0.29, 0.717) is 19.3 Å². The number of rotatable bonds is 44. The minimum Gasteiger partial charge on any atom is -0.462 e. The molecule has 0 bridgehead atoms. The van der Waals surface area contributed by atoms with Crippen molar-refractivity contribution in [1.29, 1.82) is 0 Å². The molecule has 1 unspecified atom stereocenters. The molecule has 0 N–H and O–H groups in total. The second kappa shape index (κ2) is 43.0. The minimum atomic E-state index is -0.761. The lowest BCUT2D eigenvalue weighted by Gasteiger charge is -2.18. The summed E-state index contributed by atoms with van der Waals surface area (Å²) in [6, 6.07) is 0. The molecule has 0 aromatic heterocycles. The van der Waals surface area contributed by atoms with Gasteiger partial charge in [-0.25, -0.2) is 0 Å². The largest absolute Gasteiger partial charge is 0.462 e. The van der Waals surface area contributed by atoms with Gasteiger partial charge in [0.05, 0.1) is 0 Å². The van der Waals surface area contributed by atoms with Crippen LogP contribution in [0.15, 0.2) is 0 Å². The zero-order valence-corrected chi connectivity index (χ0v) is 38.3. The first-order valence-electron chi connectivity index (χ1n) is 24.8. The van der Waals surface area contributed by atoms with Gasteiger partial charge in [0.15, 0.2) is 6.10 Å². The molecule has 0 rings (SSSR count). The molecule has 0 spiro atoms. The van der Waals surface area contributed by atoms with Crippen molar-refractivity contribution in [1.82, 2.24) is 0 Å². The Bertz CT molecular complexity index is 856. The fraction of sp³-hybridized carbons (Fsp3) is 0.940. The van der Waals surface area contributed by atoms with Crippen molar-refractivity contribution < 1.29 is 28.6 Å². The van der Waals surface area contributed by atoms with Crippen molar-refractivity contribution in [3.8, 4) is 0 Å². The smallest absolute Gasteiger partial charge is 0.306 e. The van der Waals surface area contributed by atoms with Gasteiger partial charge in [0, 0.05) is 19.3 Å². The molecule has 6 heteroatoms. The molecule has 0 saturated carbocycles. The van der Waals surface area contributed by atoms with Crippen molar-refractivity contribution in [3.05, 3.63) is 0 Å². The van der Waals surface area contributed by atoms with E-state index in [2.05, 4.69) is 34.6 Å². The van der Waals surface area contributed by atoms with Gasteiger partial charge in [-0.15, -0.1) is 0 Å².